The maximum atomic E-state index is 13.5. The van der Waals surface area contributed by atoms with Crippen LogP contribution in [0.2, 0.25) is 0 Å². The first-order valence-electron chi connectivity index (χ1n) is 12.2. The monoisotopic (exact) mass is 481 g/mol. The average molecular weight is 482 g/mol. The van der Waals surface area contributed by atoms with E-state index in [1.165, 1.54) is 19.1 Å². The molecule has 7 nitrogen and oxygen atoms in total. The minimum absolute atomic E-state index is 0.00242. The summed E-state index contributed by atoms with van der Waals surface area (Å²) < 4.78 is 18.8. The fourth-order valence-electron chi connectivity index (χ4n) is 4.93. The number of anilines is 1. The van der Waals surface area contributed by atoms with Crippen LogP contribution < -0.4 is 10.6 Å². The average Bonchev–Trinajstić information content (AvgIpc) is 2.85. The number of ether oxygens (including phenoxy) is 1. The summed E-state index contributed by atoms with van der Waals surface area (Å²) in [4.78, 5) is 39.6. The Morgan fingerprint density at radius 1 is 1.11 bits per heavy atom. The van der Waals surface area contributed by atoms with Crippen molar-refractivity contribution >= 4 is 23.4 Å². The van der Waals surface area contributed by atoms with Gasteiger partial charge < -0.3 is 20.3 Å². The van der Waals surface area contributed by atoms with Gasteiger partial charge in [0.2, 0.25) is 5.91 Å². The Balaban J connectivity index is 1.36. The molecule has 2 fully saturated rings. The molecule has 2 N–H and O–H groups in total. The first-order valence-corrected chi connectivity index (χ1v) is 12.2. The SMILES string of the molecule is CC(=O)c1cccc(NC(=O)N[C@@H]2CCOC[C@@H]2C(=O)N2CCCC(Cc3ccc(F)cc3)C2)c1. The van der Waals surface area contributed by atoms with Crippen molar-refractivity contribution in [1.82, 2.24) is 10.2 Å². The highest BCUT2D eigenvalue weighted by Gasteiger charge is 2.37. The first-order chi connectivity index (χ1) is 16.9. The number of carbonyl (C=O) groups excluding carboxylic acids is 3. The van der Waals surface area contributed by atoms with Crippen LogP contribution in [-0.4, -0.2) is 55.0 Å². The lowest BCUT2D eigenvalue weighted by atomic mass is 9.89. The van der Waals surface area contributed by atoms with Crippen LogP contribution in [0.25, 0.3) is 0 Å². The number of Topliss-reactive ketones (excluding diaryl/α,β-unsaturated/α-hetero) is 1. The molecule has 2 heterocycles. The van der Waals surface area contributed by atoms with Crippen molar-refractivity contribution in [3.63, 3.8) is 0 Å². The van der Waals surface area contributed by atoms with Gasteiger partial charge in [-0.05, 0) is 68.4 Å². The van der Waals surface area contributed by atoms with Gasteiger partial charge in [0, 0.05) is 37.0 Å². The van der Waals surface area contributed by atoms with Gasteiger partial charge >= 0.3 is 6.03 Å². The Labute approximate surface area is 205 Å². The molecule has 0 radical (unpaired) electrons. The van der Waals surface area contributed by atoms with Crippen molar-refractivity contribution in [2.45, 2.75) is 38.6 Å². The number of ketones is 1. The second-order valence-electron chi connectivity index (χ2n) is 9.44. The Bertz CT molecular complexity index is 1060. The number of urea groups is 1. The smallest absolute Gasteiger partial charge is 0.319 e. The summed E-state index contributed by atoms with van der Waals surface area (Å²) >= 11 is 0. The summed E-state index contributed by atoms with van der Waals surface area (Å²) in [6.07, 6.45) is 3.28. The van der Waals surface area contributed by atoms with Crippen LogP contribution in [0.5, 0.6) is 0 Å². The number of likely N-dealkylation sites (tertiary alicyclic amines) is 1. The largest absolute Gasteiger partial charge is 0.380 e. The number of hydrogen-bond acceptors (Lipinski definition) is 4. The van der Waals surface area contributed by atoms with Crippen LogP contribution >= 0.6 is 0 Å². The predicted octanol–water partition coefficient (Wildman–Crippen LogP) is 4.04. The fourth-order valence-corrected chi connectivity index (χ4v) is 4.93. The highest BCUT2D eigenvalue weighted by Crippen LogP contribution is 2.25. The number of benzene rings is 2. The van der Waals surface area contributed by atoms with Crippen molar-refractivity contribution in [3.8, 4) is 0 Å². The van der Waals surface area contributed by atoms with Crippen LogP contribution in [0.1, 0.15) is 42.1 Å². The molecule has 186 valence electrons. The molecule has 0 aromatic heterocycles. The van der Waals surface area contributed by atoms with Crippen molar-refractivity contribution in [1.29, 1.82) is 0 Å². The van der Waals surface area contributed by atoms with E-state index in [-0.39, 0.29) is 30.2 Å². The lowest BCUT2D eigenvalue weighted by Crippen LogP contribution is -2.54. The van der Waals surface area contributed by atoms with Gasteiger partial charge in [0.1, 0.15) is 5.82 Å². The van der Waals surface area contributed by atoms with Crippen LogP contribution in [0, 0.1) is 17.7 Å². The van der Waals surface area contributed by atoms with Crippen LogP contribution in [0.3, 0.4) is 0 Å². The quantitative estimate of drug-likeness (QED) is 0.610. The number of nitrogens with zero attached hydrogens (tertiary/aromatic N) is 1. The van der Waals surface area contributed by atoms with Crippen LogP contribution in [0.15, 0.2) is 48.5 Å². The standard InChI is InChI=1S/C27H32FN3O4/c1-18(32)21-5-2-6-23(15-21)29-27(34)30-25-11-13-35-17-24(25)26(33)31-12-3-4-20(16-31)14-19-7-9-22(28)10-8-19/h2,5-10,15,20,24-25H,3-4,11-14,16-17H2,1H3,(H2,29,30,34)/t20?,24-,25+/m0/s1. The molecular weight excluding hydrogens is 449 g/mol. The molecule has 0 bridgehead atoms. The summed E-state index contributed by atoms with van der Waals surface area (Å²) in [5.41, 5.74) is 2.10. The molecule has 8 heteroatoms. The van der Waals surface area contributed by atoms with E-state index in [1.54, 1.807) is 36.4 Å². The normalized spacial score (nSPS) is 22.3. The topological polar surface area (TPSA) is 87.7 Å². The maximum absolute atomic E-state index is 13.5. The minimum Gasteiger partial charge on any atom is -0.380 e. The van der Waals surface area contributed by atoms with Gasteiger partial charge in [-0.3, -0.25) is 9.59 Å². The summed E-state index contributed by atoms with van der Waals surface area (Å²) in [5, 5.41) is 5.71. The highest BCUT2D eigenvalue weighted by molar-refractivity contribution is 5.96. The number of nitrogens with one attached hydrogen (secondary N) is 2. The summed E-state index contributed by atoms with van der Waals surface area (Å²) in [5.74, 6) is -0.477. The molecule has 2 aromatic carbocycles. The molecule has 1 unspecified atom stereocenters. The third kappa shape index (κ3) is 6.66. The molecule has 2 aliphatic rings. The second-order valence-corrected chi connectivity index (χ2v) is 9.44. The summed E-state index contributed by atoms with van der Waals surface area (Å²) in [6, 6.07) is 12.5. The lowest BCUT2D eigenvalue weighted by molar-refractivity contribution is -0.142. The number of piperidine rings is 1. The molecular formula is C27H32FN3O4. The van der Waals surface area contributed by atoms with Crippen molar-refractivity contribution in [2.75, 3.05) is 31.6 Å². The maximum Gasteiger partial charge on any atom is 0.319 e. The zero-order valence-corrected chi connectivity index (χ0v) is 20.0. The molecule has 0 saturated carbocycles. The van der Waals surface area contributed by atoms with Gasteiger partial charge in [0.05, 0.1) is 12.5 Å². The molecule has 2 aromatic rings. The number of hydrogen-bond donors (Lipinski definition) is 2. The molecule has 3 atom stereocenters. The van der Waals surface area contributed by atoms with E-state index in [0.29, 0.717) is 43.3 Å². The Kier molecular flexibility index (Phi) is 8.13. The third-order valence-electron chi connectivity index (χ3n) is 6.79. The van der Waals surface area contributed by atoms with Crippen LogP contribution in [0.4, 0.5) is 14.9 Å². The summed E-state index contributed by atoms with van der Waals surface area (Å²) in [7, 11) is 0. The van der Waals surface area contributed by atoms with E-state index < -0.39 is 11.9 Å². The van der Waals surface area contributed by atoms with Crippen molar-refractivity contribution < 1.29 is 23.5 Å². The van der Waals surface area contributed by atoms with Crippen molar-refractivity contribution in [3.05, 3.63) is 65.5 Å². The third-order valence-corrected chi connectivity index (χ3v) is 6.79. The van der Waals surface area contributed by atoms with Crippen LogP contribution in [-0.2, 0) is 16.0 Å². The van der Waals surface area contributed by atoms with Gasteiger partial charge in [0.25, 0.3) is 0 Å². The van der Waals surface area contributed by atoms with Gasteiger partial charge in [-0.2, -0.15) is 0 Å². The van der Waals surface area contributed by atoms with Gasteiger partial charge in [-0.1, -0.05) is 24.3 Å². The Morgan fingerprint density at radius 2 is 1.91 bits per heavy atom. The van der Waals surface area contributed by atoms with E-state index in [0.717, 1.165) is 24.8 Å². The fraction of sp³-hybridized carbons (Fsp3) is 0.444. The Hall–Kier alpha value is -3.26. The molecule has 0 spiro atoms. The number of carbonyl (C=O) groups is 3. The van der Waals surface area contributed by atoms with E-state index in [2.05, 4.69) is 10.6 Å². The molecule has 2 saturated heterocycles. The van der Waals surface area contributed by atoms with Gasteiger partial charge in [-0.15, -0.1) is 0 Å². The lowest BCUT2D eigenvalue weighted by Gasteiger charge is -2.38. The molecule has 2 aliphatic heterocycles. The predicted molar refractivity (Wildman–Crippen MR) is 131 cm³/mol. The number of amides is 3. The highest BCUT2D eigenvalue weighted by atomic mass is 19.1. The molecule has 0 aliphatic carbocycles. The zero-order chi connectivity index (χ0) is 24.8. The molecule has 35 heavy (non-hydrogen) atoms. The Morgan fingerprint density at radius 3 is 2.69 bits per heavy atom. The van der Waals surface area contributed by atoms with E-state index in [1.807, 2.05) is 4.90 Å². The van der Waals surface area contributed by atoms with Gasteiger partial charge in [0.15, 0.2) is 5.78 Å². The van der Waals surface area contributed by atoms with Gasteiger partial charge in [-0.25, -0.2) is 9.18 Å². The van der Waals surface area contributed by atoms with E-state index in [4.69, 9.17) is 4.74 Å². The molecule has 4 rings (SSSR count). The second kappa shape index (κ2) is 11.4. The summed E-state index contributed by atoms with van der Waals surface area (Å²) in [6.45, 7) is 3.54. The van der Waals surface area contributed by atoms with E-state index in [9.17, 15) is 18.8 Å². The van der Waals surface area contributed by atoms with Crippen molar-refractivity contribution in [2.24, 2.45) is 11.8 Å². The molecule has 3 amide bonds. The number of rotatable bonds is 6. The first kappa shape index (κ1) is 24.9. The number of halogens is 1. The van der Waals surface area contributed by atoms with E-state index >= 15 is 0 Å². The minimum atomic E-state index is -0.456. The zero-order valence-electron chi connectivity index (χ0n) is 20.0.